The molecule has 40 heavy (non-hydrogen) atoms. The number of rotatable bonds is 8. The van der Waals surface area contributed by atoms with Crippen LogP contribution in [-0.2, 0) is 6.42 Å². The monoisotopic (exact) mass is 550 g/mol. The molecule has 12 heteroatoms. The summed E-state index contributed by atoms with van der Waals surface area (Å²) < 4.78 is 37.9. The van der Waals surface area contributed by atoms with E-state index in [0.717, 1.165) is 27.8 Å². The lowest BCUT2D eigenvalue weighted by Crippen LogP contribution is -2.49. The van der Waals surface area contributed by atoms with Crippen LogP contribution in [0.3, 0.4) is 0 Å². The molecular formula is C28H29F3N8O. The Kier molecular flexibility index (Phi) is 8.06. The highest BCUT2D eigenvalue weighted by atomic mass is 19.4. The molecule has 0 atom stereocenters. The predicted molar refractivity (Wildman–Crippen MR) is 147 cm³/mol. The fraction of sp³-hybridized carbons (Fsp3) is 0.321. The number of anilines is 2. The van der Waals surface area contributed by atoms with Crippen LogP contribution in [0.25, 0.3) is 22.2 Å². The van der Waals surface area contributed by atoms with E-state index in [-0.39, 0.29) is 5.91 Å². The lowest BCUT2D eigenvalue weighted by atomic mass is 10.0. The molecule has 208 valence electrons. The van der Waals surface area contributed by atoms with Crippen molar-refractivity contribution in [1.82, 2.24) is 30.2 Å². The number of nitrogens with one attached hydrogen (secondary N) is 2. The summed E-state index contributed by atoms with van der Waals surface area (Å²) in [4.78, 5) is 33.4. The second kappa shape index (κ2) is 11.8. The van der Waals surface area contributed by atoms with Crippen LogP contribution >= 0.6 is 0 Å². The zero-order valence-electron chi connectivity index (χ0n) is 21.9. The van der Waals surface area contributed by atoms with Gasteiger partial charge in [-0.15, -0.1) is 0 Å². The van der Waals surface area contributed by atoms with Crippen LogP contribution in [0, 0.1) is 0 Å². The first-order valence-corrected chi connectivity index (χ1v) is 13.0. The molecule has 2 N–H and O–H groups in total. The normalized spacial score (nSPS) is 14.3. The molecule has 1 fully saturated rings. The van der Waals surface area contributed by atoms with E-state index in [0.29, 0.717) is 56.2 Å². The fourth-order valence-electron chi connectivity index (χ4n) is 4.82. The predicted octanol–water partition coefficient (Wildman–Crippen LogP) is 3.79. The number of aromatic nitrogens is 4. The summed E-state index contributed by atoms with van der Waals surface area (Å²) in [5, 5.41) is 6.80. The van der Waals surface area contributed by atoms with Gasteiger partial charge in [0, 0.05) is 69.2 Å². The number of carbonyl (C=O) groups excluding carboxylic acids is 1. The molecule has 0 aliphatic carbocycles. The first-order valence-electron chi connectivity index (χ1n) is 13.0. The van der Waals surface area contributed by atoms with Gasteiger partial charge in [0.2, 0.25) is 0 Å². The number of fused-ring (bicyclic) bond motifs is 1. The zero-order valence-corrected chi connectivity index (χ0v) is 21.9. The molecule has 0 unspecified atom stereocenters. The number of para-hydroxylation sites is 1. The Morgan fingerprint density at radius 2 is 1.82 bits per heavy atom. The summed E-state index contributed by atoms with van der Waals surface area (Å²) in [5.74, 6) is 1.24. The van der Waals surface area contributed by atoms with Crippen molar-refractivity contribution in [2.24, 2.45) is 0 Å². The molecule has 4 aromatic rings. The summed E-state index contributed by atoms with van der Waals surface area (Å²) >= 11 is 0. The molecule has 9 nitrogen and oxygen atoms in total. The number of alkyl halides is 3. The number of hydrogen-bond acceptors (Lipinski definition) is 8. The van der Waals surface area contributed by atoms with Crippen molar-refractivity contribution >= 4 is 28.4 Å². The van der Waals surface area contributed by atoms with Gasteiger partial charge in [-0.2, -0.15) is 13.2 Å². The van der Waals surface area contributed by atoms with E-state index >= 15 is 0 Å². The van der Waals surface area contributed by atoms with Crippen molar-refractivity contribution in [3.8, 4) is 11.3 Å². The lowest BCUT2D eigenvalue weighted by Gasteiger charge is -2.35. The van der Waals surface area contributed by atoms with Gasteiger partial charge in [0.15, 0.2) is 0 Å². The Morgan fingerprint density at radius 3 is 2.55 bits per heavy atom. The van der Waals surface area contributed by atoms with E-state index in [9.17, 15) is 18.0 Å². The SMILES string of the molecule is CNC(=O)c1ccnc2c(CCNc3cc(-c4ccc(N5CCN(CC(F)(F)F)CC5)nc4)ncn3)cccc12. The minimum absolute atomic E-state index is 0.151. The molecule has 4 heterocycles. The number of pyridine rings is 2. The van der Waals surface area contributed by atoms with E-state index in [1.165, 1.54) is 11.2 Å². The third-order valence-electron chi connectivity index (χ3n) is 6.84. The second-order valence-electron chi connectivity index (χ2n) is 9.50. The van der Waals surface area contributed by atoms with Gasteiger partial charge in [0.05, 0.1) is 23.3 Å². The number of hydrogen-bond donors (Lipinski definition) is 2. The fourth-order valence-corrected chi connectivity index (χ4v) is 4.82. The van der Waals surface area contributed by atoms with Gasteiger partial charge >= 0.3 is 6.18 Å². The van der Waals surface area contributed by atoms with E-state index < -0.39 is 12.7 Å². The molecule has 1 saturated heterocycles. The van der Waals surface area contributed by atoms with E-state index in [1.54, 1.807) is 25.5 Å². The standard InChI is InChI=1S/C28H29F3N8O/c1-32-27(40)22-8-10-34-26-19(3-2-4-21(22)26)7-9-33-24-15-23(36-18-37-24)20-5-6-25(35-16-20)39-13-11-38(12-14-39)17-28(29,30)31/h2-6,8,10,15-16,18H,7,9,11-14,17H2,1H3,(H,32,40)(H,33,36,37). The van der Waals surface area contributed by atoms with Crippen molar-refractivity contribution < 1.29 is 18.0 Å². The van der Waals surface area contributed by atoms with Crippen molar-refractivity contribution in [3.05, 3.63) is 72.3 Å². The van der Waals surface area contributed by atoms with Crippen molar-refractivity contribution in [2.75, 3.05) is 56.5 Å². The third-order valence-corrected chi connectivity index (χ3v) is 6.84. The van der Waals surface area contributed by atoms with Gasteiger partial charge in [-0.3, -0.25) is 14.7 Å². The van der Waals surface area contributed by atoms with Crippen LogP contribution in [0.2, 0.25) is 0 Å². The van der Waals surface area contributed by atoms with Crippen molar-refractivity contribution in [3.63, 3.8) is 0 Å². The highest BCUT2D eigenvalue weighted by Crippen LogP contribution is 2.24. The van der Waals surface area contributed by atoms with Crippen LogP contribution in [0.15, 0.2) is 61.2 Å². The van der Waals surface area contributed by atoms with Gasteiger partial charge < -0.3 is 15.5 Å². The van der Waals surface area contributed by atoms with Crippen LogP contribution in [0.1, 0.15) is 15.9 Å². The Hall–Kier alpha value is -4.32. The number of nitrogens with zero attached hydrogens (tertiary/aromatic N) is 6. The summed E-state index contributed by atoms with van der Waals surface area (Å²) in [6.07, 6.45) is 1.34. The van der Waals surface area contributed by atoms with E-state index in [2.05, 4.69) is 30.6 Å². The Balaban J connectivity index is 1.20. The van der Waals surface area contributed by atoms with Gasteiger partial charge in [-0.25, -0.2) is 15.0 Å². The summed E-state index contributed by atoms with van der Waals surface area (Å²) in [7, 11) is 1.61. The molecule has 0 saturated carbocycles. The topological polar surface area (TPSA) is 99.2 Å². The molecule has 0 spiro atoms. The Morgan fingerprint density at radius 1 is 1.00 bits per heavy atom. The number of piperazine rings is 1. The summed E-state index contributed by atoms with van der Waals surface area (Å²) in [6, 6.07) is 13.1. The average molecular weight is 551 g/mol. The van der Waals surface area contributed by atoms with Gasteiger partial charge in [-0.05, 0) is 30.2 Å². The zero-order chi connectivity index (χ0) is 28.1. The Labute approximate surface area is 229 Å². The molecule has 1 aliphatic heterocycles. The number of carbonyl (C=O) groups is 1. The number of benzene rings is 1. The number of halogens is 3. The molecule has 0 radical (unpaired) electrons. The Bertz CT molecular complexity index is 1470. The van der Waals surface area contributed by atoms with Crippen LogP contribution < -0.4 is 15.5 Å². The largest absolute Gasteiger partial charge is 0.401 e. The molecule has 1 aromatic carbocycles. The molecule has 1 aliphatic rings. The maximum absolute atomic E-state index is 12.6. The molecule has 3 aromatic heterocycles. The summed E-state index contributed by atoms with van der Waals surface area (Å²) in [6.45, 7) is 1.38. The van der Waals surface area contributed by atoms with Gasteiger partial charge in [0.25, 0.3) is 5.91 Å². The number of amides is 1. The third kappa shape index (κ3) is 6.45. The maximum Gasteiger partial charge on any atom is 0.401 e. The smallest absolute Gasteiger partial charge is 0.370 e. The lowest BCUT2D eigenvalue weighted by molar-refractivity contribution is -0.146. The van der Waals surface area contributed by atoms with Gasteiger partial charge in [0.1, 0.15) is 18.0 Å². The van der Waals surface area contributed by atoms with E-state index in [1.807, 2.05) is 41.3 Å². The van der Waals surface area contributed by atoms with Crippen LogP contribution in [0.4, 0.5) is 24.8 Å². The first-order chi connectivity index (χ1) is 19.3. The van der Waals surface area contributed by atoms with Crippen molar-refractivity contribution in [2.45, 2.75) is 12.6 Å². The highest BCUT2D eigenvalue weighted by Gasteiger charge is 2.32. The van der Waals surface area contributed by atoms with Crippen LogP contribution in [-0.4, -0.2) is 83.2 Å². The van der Waals surface area contributed by atoms with Crippen molar-refractivity contribution in [1.29, 1.82) is 0 Å². The quantitative estimate of drug-likeness (QED) is 0.342. The first kappa shape index (κ1) is 27.3. The summed E-state index contributed by atoms with van der Waals surface area (Å²) in [5.41, 5.74) is 3.91. The average Bonchev–Trinajstić information content (AvgIpc) is 2.96. The highest BCUT2D eigenvalue weighted by molar-refractivity contribution is 6.06. The minimum Gasteiger partial charge on any atom is -0.370 e. The minimum atomic E-state index is -4.18. The van der Waals surface area contributed by atoms with E-state index in [4.69, 9.17) is 0 Å². The molecule has 0 bridgehead atoms. The second-order valence-corrected chi connectivity index (χ2v) is 9.50. The molecule has 5 rings (SSSR count). The maximum atomic E-state index is 12.6. The van der Waals surface area contributed by atoms with Crippen LogP contribution in [0.5, 0.6) is 0 Å². The molecule has 1 amide bonds. The van der Waals surface area contributed by atoms with Gasteiger partial charge in [-0.1, -0.05) is 18.2 Å². The molecular weight excluding hydrogens is 521 g/mol.